The van der Waals surface area contributed by atoms with E-state index in [9.17, 15) is 10.1 Å². The zero-order valence-electron chi connectivity index (χ0n) is 13.6. The first-order valence-electron chi connectivity index (χ1n) is 7.66. The van der Waals surface area contributed by atoms with Gasteiger partial charge in [0, 0.05) is 31.1 Å². The van der Waals surface area contributed by atoms with Gasteiger partial charge in [-0.25, -0.2) is 4.98 Å². The molecule has 7 nitrogen and oxygen atoms in total. The second-order valence-electron chi connectivity index (χ2n) is 5.46. The summed E-state index contributed by atoms with van der Waals surface area (Å²) in [7, 11) is 1.57. The summed E-state index contributed by atoms with van der Waals surface area (Å²) in [6.45, 7) is 4.26. The quantitative estimate of drug-likeness (QED) is 0.927. The van der Waals surface area contributed by atoms with E-state index in [2.05, 4.69) is 21.3 Å². The molecule has 0 atom stereocenters. The molecular formula is C17H18N4O3. The topological polar surface area (TPSA) is 87.5 Å². The fourth-order valence-corrected chi connectivity index (χ4v) is 2.81. The van der Waals surface area contributed by atoms with Gasteiger partial charge >= 0.3 is 0 Å². The van der Waals surface area contributed by atoms with Gasteiger partial charge in [0.25, 0.3) is 0 Å². The van der Waals surface area contributed by atoms with Crippen LogP contribution in [0.5, 0.6) is 5.75 Å². The van der Waals surface area contributed by atoms with Crippen LogP contribution in [0.15, 0.2) is 18.2 Å². The van der Waals surface area contributed by atoms with Crippen molar-refractivity contribution in [3.63, 3.8) is 0 Å². The highest BCUT2D eigenvalue weighted by atomic mass is 16.5. The lowest BCUT2D eigenvalue weighted by Crippen LogP contribution is -2.36. The summed E-state index contributed by atoms with van der Waals surface area (Å²) in [4.78, 5) is 18.0. The summed E-state index contributed by atoms with van der Waals surface area (Å²) in [6, 6.07) is 7.67. The van der Waals surface area contributed by atoms with Gasteiger partial charge in [-0.15, -0.1) is 0 Å². The third-order valence-electron chi connectivity index (χ3n) is 3.91. The zero-order valence-corrected chi connectivity index (χ0v) is 13.6. The highest BCUT2D eigenvalue weighted by molar-refractivity contribution is 5.99. The van der Waals surface area contributed by atoms with Crippen LogP contribution in [0.25, 0.3) is 10.9 Å². The summed E-state index contributed by atoms with van der Waals surface area (Å²) in [5, 5.41) is 12.8. The molecule has 124 valence electrons. The number of hydrogen-bond acceptors (Lipinski definition) is 6. The molecule has 0 spiro atoms. The molecule has 24 heavy (non-hydrogen) atoms. The zero-order chi connectivity index (χ0) is 17.1. The molecule has 0 unspecified atom stereocenters. The standard InChI is InChI=1S/C17H18N4O3/c1-11(22)19-17-12(10-18)9-13-14(21-5-7-24-8-6-21)3-4-15(23-2)16(13)20-17/h3-4,9H,5-8H2,1-2H3,(H,19,20,22). The third kappa shape index (κ3) is 2.96. The van der Waals surface area contributed by atoms with E-state index in [1.54, 1.807) is 13.2 Å². The molecule has 1 fully saturated rings. The third-order valence-corrected chi connectivity index (χ3v) is 3.91. The summed E-state index contributed by atoms with van der Waals surface area (Å²) >= 11 is 0. The van der Waals surface area contributed by atoms with Crippen molar-refractivity contribution in [3.05, 3.63) is 23.8 Å². The molecule has 0 bridgehead atoms. The highest BCUT2D eigenvalue weighted by Crippen LogP contribution is 2.35. The number of rotatable bonds is 3. The summed E-state index contributed by atoms with van der Waals surface area (Å²) < 4.78 is 10.8. The van der Waals surface area contributed by atoms with Crippen LogP contribution in [0, 0.1) is 11.3 Å². The van der Waals surface area contributed by atoms with E-state index < -0.39 is 0 Å². The Morgan fingerprint density at radius 1 is 1.42 bits per heavy atom. The van der Waals surface area contributed by atoms with Gasteiger partial charge in [0.2, 0.25) is 5.91 Å². The van der Waals surface area contributed by atoms with Crippen LogP contribution in [-0.4, -0.2) is 44.3 Å². The minimum absolute atomic E-state index is 0.245. The number of ether oxygens (including phenoxy) is 2. The predicted octanol–water partition coefficient (Wildman–Crippen LogP) is 1.91. The van der Waals surface area contributed by atoms with E-state index in [0.29, 0.717) is 30.0 Å². The van der Waals surface area contributed by atoms with Crippen molar-refractivity contribution in [1.29, 1.82) is 5.26 Å². The fraction of sp³-hybridized carbons (Fsp3) is 0.353. The van der Waals surface area contributed by atoms with Crippen LogP contribution in [0.4, 0.5) is 11.5 Å². The molecule has 1 aliphatic heterocycles. The number of nitrogens with zero attached hydrogens (tertiary/aromatic N) is 3. The number of pyridine rings is 1. The van der Waals surface area contributed by atoms with Crippen LogP contribution in [-0.2, 0) is 9.53 Å². The Labute approximate surface area is 139 Å². The Morgan fingerprint density at radius 3 is 2.79 bits per heavy atom. The first kappa shape index (κ1) is 16.0. The number of fused-ring (bicyclic) bond motifs is 1. The molecule has 1 aromatic carbocycles. The van der Waals surface area contributed by atoms with Gasteiger partial charge in [-0.05, 0) is 18.2 Å². The van der Waals surface area contributed by atoms with Gasteiger partial charge in [-0.3, -0.25) is 4.79 Å². The van der Waals surface area contributed by atoms with Crippen LogP contribution < -0.4 is 15.0 Å². The van der Waals surface area contributed by atoms with E-state index in [-0.39, 0.29) is 11.7 Å². The number of hydrogen-bond donors (Lipinski definition) is 1. The minimum Gasteiger partial charge on any atom is -0.494 e. The summed E-state index contributed by atoms with van der Waals surface area (Å²) in [5.41, 5.74) is 1.91. The van der Waals surface area contributed by atoms with Gasteiger partial charge in [0.05, 0.1) is 25.9 Å². The first-order chi connectivity index (χ1) is 11.6. The lowest BCUT2D eigenvalue weighted by Gasteiger charge is -2.30. The first-order valence-corrected chi connectivity index (χ1v) is 7.66. The smallest absolute Gasteiger partial charge is 0.222 e. The second kappa shape index (κ2) is 6.72. The summed E-state index contributed by atoms with van der Waals surface area (Å²) in [5.74, 6) is 0.565. The molecule has 3 rings (SSSR count). The maximum absolute atomic E-state index is 11.4. The van der Waals surface area contributed by atoms with Crippen molar-refractivity contribution in [2.45, 2.75) is 6.92 Å². The van der Waals surface area contributed by atoms with Gasteiger partial charge in [0.1, 0.15) is 17.3 Å². The van der Waals surface area contributed by atoms with Crippen molar-refractivity contribution in [2.75, 3.05) is 43.6 Å². The second-order valence-corrected chi connectivity index (χ2v) is 5.46. The summed E-state index contributed by atoms with van der Waals surface area (Å²) in [6.07, 6.45) is 0. The molecule has 1 N–H and O–H groups in total. The Balaban J connectivity index is 2.21. The van der Waals surface area contributed by atoms with Gasteiger partial charge in [-0.2, -0.15) is 5.26 Å². The van der Waals surface area contributed by atoms with Crippen LogP contribution in [0.3, 0.4) is 0 Å². The van der Waals surface area contributed by atoms with E-state index in [1.165, 1.54) is 6.92 Å². The Hall–Kier alpha value is -2.85. The molecule has 2 aromatic rings. The largest absolute Gasteiger partial charge is 0.494 e. The number of morpholine rings is 1. The number of methoxy groups -OCH3 is 1. The Bertz CT molecular complexity index is 823. The number of amides is 1. The minimum atomic E-state index is -0.276. The highest BCUT2D eigenvalue weighted by Gasteiger charge is 2.19. The van der Waals surface area contributed by atoms with Gasteiger partial charge in [0.15, 0.2) is 5.82 Å². The number of nitrogens with one attached hydrogen (secondary N) is 1. The van der Waals surface area contributed by atoms with Crippen molar-refractivity contribution in [3.8, 4) is 11.8 Å². The SMILES string of the molecule is COc1ccc(N2CCOCC2)c2cc(C#N)c(NC(C)=O)nc12. The van der Waals surface area contributed by atoms with E-state index >= 15 is 0 Å². The van der Waals surface area contributed by atoms with E-state index in [1.807, 2.05) is 12.1 Å². The molecule has 0 aliphatic carbocycles. The maximum Gasteiger partial charge on any atom is 0.222 e. The Kier molecular flexibility index (Phi) is 4.49. The maximum atomic E-state index is 11.4. The van der Waals surface area contributed by atoms with Crippen LogP contribution in [0.1, 0.15) is 12.5 Å². The normalized spacial score (nSPS) is 14.3. The lowest BCUT2D eigenvalue weighted by molar-refractivity contribution is -0.114. The van der Waals surface area contributed by atoms with E-state index in [0.717, 1.165) is 24.2 Å². The van der Waals surface area contributed by atoms with Gasteiger partial charge in [-0.1, -0.05) is 0 Å². The molecule has 1 aromatic heterocycles. The molecule has 2 heterocycles. The monoisotopic (exact) mass is 326 g/mol. The average molecular weight is 326 g/mol. The molecular weight excluding hydrogens is 308 g/mol. The van der Waals surface area contributed by atoms with Crippen LogP contribution in [0.2, 0.25) is 0 Å². The predicted molar refractivity (Wildman–Crippen MR) is 90.3 cm³/mol. The van der Waals surface area contributed by atoms with Crippen molar-refractivity contribution >= 4 is 28.3 Å². The number of carbonyl (C=O) groups is 1. The number of benzene rings is 1. The number of anilines is 2. The number of carbonyl (C=O) groups excluding carboxylic acids is 1. The number of nitriles is 1. The average Bonchev–Trinajstić information content (AvgIpc) is 2.60. The fourth-order valence-electron chi connectivity index (χ4n) is 2.81. The molecule has 1 saturated heterocycles. The van der Waals surface area contributed by atoms with Gasteiger partial charge < -0.3 is 19.7 Å². The molecule has 0 saturated carbocycles. The van der Waals surface area contributed by atoms with E-state index in [4.69, 9.17) is 9.47 Å². The molecule has 0 radical (unpaired) electrons. The van der Waals surface area contributed by atoms with Crippen molar-refractivity contribution < 1.29 is 14.3 Å². The van der Waals surface area contributed by atoms with Crippen LogP contribution >= 0.6 is 0 Å². The molecule has 7 heteroatoms. The number of aromatic nitrogens is 1. The molecule has 1 aliphatic rings. The lowest BCUT2D eigenvalue weighted by atomic mass is 10.1. The Morgan fingerprint density at radius 2 is 2.17 bits per heavy atom. The molecule has 1 amide bonds. The van der Waals surface area contributed by atoms with Crippen molar-refractivity contribution in [2.24, 2.45) is 0 Å². The van der Waals surface area contributed by atoms with Crippen molar-refractivity contribution in [1.82, 2.24) is 4.98 Å².